The van der Waals surface area contributed by atoms with Gasteiger partial charge in [0, 0.05) is 36.2 Å². The number of piperazine rings is 1. The zero-order valence-corrected chi connectivity index (χ0v) is 12.5. The number of hydrogen-bond acceptors (Lipinski definition) is 3. The second-order valence-electron chi connectivity index (χ2n) is 4.02. The van der Waals surface area contributed by atoms with E-state index in [1.54, 1.807) is 23.1 Å². The Kier molecular flexibility index (Phi) is 6.72. The highest BCUT2D eigenvalue weighted by Gasteiger charge is 2.16. The Morgan fingerprint density at radius 3 is 2.37 bits per heavy atom. The summed E-state index contributed by atoms with van der Waals surface area (Å²) in [6, 6.07) is 4.89. The van der Waals surface area contributed by atoms with Crippen molar-refractivity contribution in [3.05, 3.63) is 28.2 Å². The quantitative estimate of drug-likeness (QED) is 0.926. The van der Waals surface area contributed by atoms with Crippen molar-refractivity contribution in [1.82, 2.24) is 10.2 Å². The van der Waals surface area contributed by atoms with E-state index >= 15 is 0 Å². The molecule has 4 nitrogen and oxygen atoms in total. The molecule has 1 aromatic rings. The number of carbonyl (C=O) groups excluding carboxylic acids is 1. The lowest BCUT2D eigenvalue weighted by Gasteiger charge is -2.27. The van der Waals surface area contributed by atoms with Gasteiger partial charge >= 0.3 is 0 Å². The van der Waals surface area contributed by atoms with E-state index in [1.807, 2.05) is 0 Å². The molecule has 1 heterocycles. The predicted molar refractivity (Wildman–Crippen MR) is 78.7 cm³/mol. The summed E-state index contributed by atoms with van der Waals surface area (Å²) >= 11 is 11.7. The van der Waals surface area contributed by atoms with Gasteiger partial charge in [0.15, 0.2) is 6.61 Å². The maximum absolute atomic E-state index is 11.8. The fourth-order valence-electron chi connectivity index (χ4n) is 1.76. The first kappa shape index (κ1) is 16.4. The van der Waals surface area contributed by atoms with Gasteiger partial charge in [0.25, 0.3) is 5.91 Å². The first-order chi connectivity index (χ1) is 8.65. The van der Waals surface area contributed by atoms with E-state index < -0.39 is 0 Å². The molecular formula is C12H15Cl3N2O2. The summed E-state index contributed by atoms with van der Waals surface area (Å²) in [5, 5.41) is 4.17. The largest absolute Gasteiger partial charge is 0.484 e. The SMILES string of the molecule is Cl.O=C(COc1cc(Cl)cc(Cl)c1)N1CCNCC1. The summed E-state index contributed by atoms with van der Waals surface area (Å²) < 4.78 is 5.40. The van der Waals surface area contributed by atoms with E-state index in [1.165, 1.54) is 0 Å². The van der Waals surface area contributed by atoms with Gasteiger partial charge in [-0.2, -0.15) is 0 Å². The Morgan fingerprint density at radius 2 is 1.79 bits per heavy atom. The first-order valence-electron chi connectivity index (χ1n) is 5.72. The number of carbonyl (C=O) groups is 1. The molecule has 1 aromatic carbocycles. The van der Waals surface area contributed by atoms with Crippen molar-refractivity contribution in [3.8, 4) is 5.75 Å². The van der Waals surface area contributed by atoms with Crippen LogP contribution in [0.2, 0.25) is 10.0 Å². The van der Waals surface area contributed by atoms with Crippen molar-refractivity contribution in [2.75, 3.05) is 32.8 Å². The van der Waals surface area contributed by atoms with Crippen LogP contribution in [0.3, 0.4) is 0 Å². The molecule has 1 saturated heterocycles. The number of benzene rings is 1. The minimum atomic E-state index is -0.0207. The van der Waals surface area contributed by atoms with Gasteiger partial charge in [-0.15, -0.1) is 12.4 Å². The number of nitrogens with one attached hydrogen (secondary N) is 1. The highest BCUT2D eigenvalue weighted by atomic mass is 35.5. The van der Waals surface area contributed by atoms with Crippen LogP contribution in [0.4, 0.5) is 0 Å². The number of rotatable bonds is 3. The van der Waals surface area contributed by atoms with E-state index in [2.05, 4.69) is 5.32 Å². The van der Waals surface area contributed by atoms with Crippen LogP contribution in [0.15, 0.2) is 18.2 Å². The Labute approximate surface area is 128 Å². The van der Waals surface area contributed by atoms with Crippen LogP contribution < -0.4 is 10.1 Å². The molecule has 1 aliphatic heterocycles. The summed E-state index contributed by atoms with van der Waals surface area (Å²) in [5.74, 6) is 0.489. The molecule has 7 heteroatoms. The minimum Gasteiger partial charge on any atom is -0.484 e. The van der Waals surface area contributed by atoms with Crippen LogP contribution in [0.25, 0.3) is 0 Å². The second kappa shape index (κ2) is 7.80. The van der Waals surface area contributed by atoms with Crippen LogP contribution in [-0.4, -0.2) is 43.6 Å². The Hall–Kier alpha value is -0.680. The van der Waals surface area contributed by atoms with Gasteiger partial charge in [0.05, 0.1) is 0 Å². The maximum Gasteiger partial charge on any atom is 0.260 e. The average molecular weight is 326 g/mol. The number of hydrogen-bond donors (Lipinski definition) is 1. The molecular weight excluding hydrogens is 311 g/mol. The molecule has 1 N–H and O–H groups in total. The third-order valence-corrected chi connectivity index (χ3v) is 3.10. The van der Waals surface area contributed by atoms with Crippen molar-refractivity contribution in [1.29, 1.82) is 0 Å². The molecule has 0 aliphatic carbocycles. The van der Waals surface area contributed by atoms with Crippen molar-refractivity contribution in [2.45, 2.75) is 0 Å². The van der Waals surface area contributed by atoms with E-state index in [-0.39, 0.29) is 24.9 Å². The molecule has 0 saturated carbocycles. The highest BCUT2D eigenvalue weighted by molar-refractivity contribution is 6.34. The zero-order valence-electron chi connectivity index (χ0n) is 10.2. The topological polar surface area (TPSA) is 41.6 Å². The fourth-order valence-corrected chi connectivity index (χ4v) is 2.27. The molecule has 0 aromatic heterocycles. The molecule has 1 fully saturated rings. The number of ether oxygens (including phenoxy) is 1. The molecule has 0 radical (unpaired) electrons. The molecule has 0 atom stereocenters. The average Bonchev–Trinajstić information content (AvgIpc) is 2.36. The Morgan fingerprint density at radius 1 is 1.21 bits per heavy atom. The maximum atomic E-state index is 11.8. The lowest BCUT2D eigenvalue weighted by Crippen LogP contribution is -2.47. The normalized spacial score (nSPS) is 14.7. The van der Waals surface area contributed by atoms with Gasteiger partial charge in [0.1, 0.15) is 5.75 Å². The molecule has 2 rings (SSSR count). The molecule has 0 spiro atoms. The van der Waals surface area contributed by atoms with Crippen LogP contribution in [0.5, 0.6) is 5.75 Å². The van der Waals surface area contributed by atoms with E-state index in [9.17, 15) is 4.79 Å². The van der Waals surface area contributed by atoms with Gasteiger partial charge in [0.2, 0.25) is 0 Å². The van der Waals surface area contributed by atoms with Gasteiger partial charge in [-0.05, 0) is 18.2 Å². The Bertz CT molecular complexity index is 417. The standard InChI is InChI=1S/C12H14Cl2N2O2.ClH/c13-9-5-10(14)7-11(6-9)18-8-12(17)16-3-1-15-2-4-16;/h5-7,15H,1-4,8H2;1H. The Balaban J connectivity index is 0.00000180. The third-order valence-electron chi connectivity index (χ3n) is 2.67. The van der Waals surface area contributed by atoms with Crippen LogP contribution in [0.1, 0.15) is 0 Å². The zero-order chi connectivity index (χ0) is 13.0. The fraction of sp³-hybridized carbons (Fsp3) is 0.417. The lowest BCUT2D eigenvalue weighted by molar-refractivity contribution is -0.133. The summed E-state index contributed by atoms with van der Waals surface area (Å²) in [5.41, 5.74) is 0. The van der Waals surface area contributed by atoms with Crippen molar-refractivity contribution >= 4 is 41.5 Å². The minimum absolute atomic E-state index is 0. The van der Waals surface area contributed by atoms with Gasteiger partial charge < -0.3 is 15.0 Å². The summed E-state index contributed by atoms with van der Waals surface area (Å²) in [4.78, 5) is 13.6. The van der Waals surface area contributed by atoms with Crippen molar-refractivity contribution in [2.24, 2.45) is 0 Å². The molecule has 106 valence electrons. The summed E-state index contributed by atoms with van der Waals surface area (Å²) in [6.07, 6.45) is 0. The molecule has 1 aliphatic rings. The molecule has 19 heavy (non-hydrogen) atoms. The van der Waals surface area contributed by atoms with Crippen molar-refractivity contribution < 1.29 is 9.53 Å². The number of amides is 1. The first-order valence-corrected chi connectivity index (χ1v) is 6.48. The monoisotopic (exact) mass is 324 g/mol. The van der Waals surface area contributed by atoms with Crippen LogP contribution >= 0.6 is 35.6 Å². The summed E-state index contributed by atoms with van der Waals surface area (Å²) in [6.45, 7) is 3.11. The predicted octanol–water partition coefficient (Wildman–Crippen LogP) is 2.23. The highest BCUT2D eigenvalue weighted by Crippen LogP contribution is 2.24. The lowest BCUT2D eigenvalue weighted by atomic mass is 10.3. The van der Waals surface area contributed by atoms with E-state index in [0.717, 1.165) is 26.2 Å². The van der Waals surface area contributed by atoms with Gasteiger partial charge in [-0.25, -0.2) is 0 Å². The van der Waals surface area contributed by atoms with E-state index in [0.29, 0.717) is 15.8 Å². The molecule has 1 amide bonds. The van der Waals surface area contributed by atoms with Crippen LogP contribution in [0, 0.1) is 0 Å². The van der Waals surface area contributed by atoms with Gasteiger partial charge in [-0.1, -0.05) is 23.2 Å². The number of nitrogens with zero attached hydrogens (tertiary/aromatic N) is 1. The van der Waals surface area contributed by atoms with Gasteiger partial charge in [-0.3, -0.25) is 4.79 Å². The number of halogens is 3. The molecule has 0 bridgehead atoms. The van der Waals surface area contributed by atoms with E-state index in [4.69, 9.17) is 27.9 Å². The summed E-state index contributed by atoms with van der Waals surface area (Å²) in [7, 11) is 0. The van der Waals surface area contributed by atoms with Crippen LogP contribution in [-0.2, 0) is 4.79 Å². The molecule has 0 unspecified atom stereocenters. The van der Waals surface area contributed by atoms with Crippen molar-refractivity contribution in [3.63, 3.8) is 0 Å². The second-order valence-corrected chi connectivity index (χ2v) is 4.90. The smallest absolute Gasteiger partial charge is 0.260 e. The third kappa shape index (κ3) is 5.07.